The van der Waals surface area contributed by atoms with Crippen LogP contribution in [-0.4, -0.2) is 20.9 Å². The number of carboxylic acids is 1. The van der Waals surface area contributed by atoms with Crippen LogP contribution in [0.1, 0.15) is 34.8 Å². The van der Waals surface area contributed by atoms with Crippen molar-refractivity contribution in [1.82, 2.24) is 9.78 Å². The number of carboxylic acid groups (broad SMARTS) is 1. The average Bonchev–Trinajstić information content (AvgIpc) is 3.07. The third-order valence-electron chi connectivity index (χ3n) is 3.05. The summed E-state index contributed by atoms with van der Waals surface area (Å²) in [6, 6.07) is 6.00. The zero-order valence-electron chi connectivity index (χ0n) is 9.51. The van der Waals surface area contributed by atoms with E-state index in [-0.39, 0.29) is 17.3 Å². The molecule has 92 valence electrons. The summed E-state index contributed by atoms with van der Waals surface area (Å²) in [5.41, 5.74) is 1.44. The van der Waals surface area contributed by atoms with Crippen molar-refractivity contribution >= 4 is 5.97 Å². The molecule has 0 saturated heterocycles. The van der Waals surface area contributed by atoms with Crippen LogP contribution in [0.25, 0.3) is 5.69 Å². The van der Waals surface area contributed by atoms with Gasteiger partial charge in [-0.3, -0.25) is 0 Å². The van der Waals surface area contributed by atoms with Gasteiger partial charge in [0.2, 0.25) is 0 Å². The minimum atomic E-state index is -0.987. The predicted molar refractivity (Wildman–Crippen MR) is 62.5 cm³/mol. The molecule has 0 amide bonds. The Bertz CT molecular complexity index is 617. The zero-order valence-corrected chi connectivity index (χ0v) is 9.51. The van der Waals surface area contributed by atoms with Gasteiger partial charge in [-0.1, -0.05) is 6.07 Å². The van der Waals surface area contributed by atoms with Crippen molar-refractivity contribution in [1.29, 1.82) is 0 Å². The van der Waals surface area contributed by atoms with E-state index >= 15 is 0 Å². The van der Waals surface area contributed by atoms with E-state index in [0.29, 0.717) is 11.4 Å². The van der Waals surface area contributed by atoms with Gasteiger partial charge in [-0.15, -0.1) is 0 Å². The van der Waals surface area contributed by atoms with E-state index in [0.717, 1.165) is 12.8 Å². The van der Waals surface area contributed by atoms with Crippen molar-refractivity contribution in [2.45, 2.75) is 18.8 Å². The molecule has 0 atom stereocenters. The standard InChI is InChI=1S/C13H11FN2O2/c14-9-2-1-3-10(6-9)16-12(8-4-5-8)11(7-15-16)13(17)18/h1-3,6-8H,4-5H2,(H,17,18). The van der Waals surface area contributed by atoms with E-state index < -0.39 is 5.97 Å². The van der Waals surface area contributed by atoms with Gasteiger partial charge in [0, 0.05) is 5.92 Å². The van der Waals surface area contributed by atoms with Crippen molar-refractivity contribution < 1.29 is 14.3 Å². The average molecular weight is 246 g/mol. The molecule has 0 spiro atoms. The second-order valence-corrected chi connectivity index (χ2v) is 4.41. The van der Waals surface area contributed by atoms with Crippen molar-refractivity contribution in [3.05, 3.63) is 47.5 Å². The Kier molecular flexibility index (Phi) is 2.40. The molecule has 1 saturated carbocycles. The first-order valence-corrected chi connectivity index (χ1v) is 5.74. The maximum absolute atomic E-state index is 13.2. The Morgan fingerprint density at radius 2 is 2.22 bits per heavy atom. The highest BCUT2D eigenvalue weighted by Crippen LogP contribution is 2.42. The number of hydrogen-bond donors (Lipinski definition) is 1. The van der Waals surface area contributed by atoms with Gasteiger partial charge in [0.1, 0.15) is 11.4 Å². The van der Waals surface area contributed by atoms with Gasteiger partial charge in [-0.2, -0.15) is 5.10 Å². The number of benzene rings is 1. The van der Waals surface area contributed by atoms with Crippen molar-refractivity contribution in [2.24, 2.45) is 0 Å². The lowest BCUT2D eigenvalue weighted by Gasteiger charge is -2.07. The second kappa shape index (κ2) is 3.94. The molecule has 18 heavy (non-hydrogen) atoms. The largest absolute Gasteiger partial charge is 0.478 e. The lowest BCUT2D eigenvalue weighted by Crippen LogP contribution is -2.05. The minimum absolute atomic E-state index is 0.210. The topological polar surface area (TPSA) is 55.1 Å². The Morgan fingerprint density at radius 3 is 2.83 bits per heavy atom. The Balaban J connectivity index is 2.15. The van der Waals surface area contributed by atoms with E-state index in [2.05, 4.69) is 5.10 Å². The number of aromatic nitrogens is 2. The molecular formula is C13H11FN2O2. The molecule has 1 aliphatic rings. The fourth-order valence-electron chi connectivity index (χ4n) is 2.09. The molecule has 1 aromatic carbocycles. The van der Waals surface area contributed by atoms with Crippen LogP contribution in [0.2, 0.25) is 0 Å². The van der Waals surface area contributed by atoms with Gasteiger partial charge in [0.05, 0.1) is 17.6 Å². The van der Waals surface area contributed by atoms with E-state index in [9.17, 15) is 9.18 Å². The summed E-state index contributed by atoms with van der Waals surface area (Å²) in [4.78, 5) is 11.1. The summed E-state index contributed by atoms with van der Waals surface area (Å²) < 4.78 is 14.7. The number of rotatable bonds is 3. The van der Waals surface area contributed by atoms with E-state index in [1.165, 1.54) is 23.0 Å². The molecular weight excluding hydrogens is 235 g/mol. The molecule has 1 N–H and O–H groups in total. The smallest absolute Gasteiger partial charge is 0.339 e. The highest BCUT2D eigenvalue weighted by molar-refractivity contribution is 5.89. The maximum atomic E-state index is 13.2. The van der Waals surface area contributed by atoms with Gasteiger partial charge in [-0.25, -0.2) is 13.9 Å². The molecule has 1 aromatic heterocycles. The fourth-order valence-corrected chi connectivity index (χ4v) is 2.09. The second-order valence-electron chi connectivity index (χ2n) is 4.41. The molecule has 2 aromatic rings. The third-order valence-corrected chi connectivity index (χ3v) is 3.05. The number of hydrogen-bond acceptors (Lipinski definition) is 2. The molecule has 0 unspecified atom stereocenters. The number of halogens is 1. The third kappa shape index (κ3) is 1.77. The van der Waals surface area contributed by atoms with Gasteiger partial charge >= 0.3 is 5.97 Å². The number of carbonyl (C=O) groups is 1. The Labute approximate surface area is 103 Å². The van der Waals surface area contributed by atoms with Gasteiger partial charge < -0.3 is 5.11 Å². The normalized spacial score (nSPS) is 14.7. The summed E-state index contributed by atoms with van der Waals surface area (Å²) in [6.45, 7) is 0. The molecule has 5 heteroatoms. The summed E-state index contributed by atoms with van der Waals surface area (Å²) in [5.74, 6) is -1.12. The van der Waals surface area contributed by atoms with E-state index in [1.807, 2.05) is 0 Å². The van der Waals surface area contributed by atoms with Crippen LogP contribution in [0.4, 0.5) is 4.39 Å². The highest BCUT2D eigenvalue weighted by atomic mass is 19.1. The summed E-state index contributed by atoms with van der Waals surface area (Å²) in [5, 5.41) is 13.2. The van der Waals surface area contributed by atoms with Crippen LogP contribution in [0.3, 0.4) is 0 Å². The number of nitrogens with zero attached hydrogens (tertiary/aromatic N) is 2. The molecule has 0 bridgehead atoms. The molecule has 3 rings (SSSR count). The molecule has 0 aliphatic heterocycles. The van der Waals surface area contributed by atoms with E-state index in [1.54, 1.807) is 12.1 Å². The van der Waals surface area contributed by atoms with Crippen molar-refractivity contribution in [3.8, 4) is 5.69 Å². The van der Waals surface area contributed by atoms with Crippen LogP contribution in [-0.2, 0) is 0 Å². The SMILES string of the molecule is O=C(O)c1cnn(-c2cccc(F)c2)c1C1CC1. The van der Waals surface area contributed by atoms with Crippen LogP contribution in [0.15, 0.2) is 30.5 Å². The van der Waals surface area contributed by atoms with Gasteiger partial charge in [-0.05, 0) is 31.0 Å². The molecule has 1 heterocycles. The first-order chi connectivity index (χ1) is 8.66. The molecule has 4 nitrogen and oxygen atoms in total. The fraction of sp³-hybridized carbons (Fsp3) is 0.231. The first kappa shape index (κ1) is 11.0. The van der Waals surface area contributed by atoms with Crippen molar-refractivity contribution in [2.75, 3.05) is 0 Å². The van der Waals surface area contributed by atoms with E-state index in [4.69, 9.17) is 5.11 Å². The maximum Gasteiger partial charge on any atom is 0.339 e. The summed E-state index contributed by atoms with van der Waals surface area (Å²) in [6.07, 6.45) is 3.25. The van der Waals surface area contributed by atoms with Crippen LogP contribution < -0.4 is 0 Å². The monoisotopic (exact) mass is 246 g/mol. The first-order valence-electron chi connectivity index (χ1n) is 5.74. The lowest BCUT2D eigenvalue weighted by molar-refractivity contribution is 0.0695. The van der Waals surface area contributed by atoms with Gasteiger partial charge in [0.15, 0.2) is 0 Å². The number of aromatic carboxylic acids is 1. The van der Waals surface area contributed by atoms with Crippen LogP contribution in [0, 0.1) is 5.82 Å². The van der Waals surface area contributed by atoms with Crippen LogP contribution >= 0.6 is 0 Å². The zero-order chi connectivity index (χ0) is 12.7. The summed E-state index contributed by atoms with van der Waals surface area (Å²) in [7, 11) is 0. The minimum Gasteiger partial charge on any atom is -0.478 e. The molecule has 1 fully saturated rings. The highest BCUT2D eigenvalue weighted by Gasteiger charge is 2.32. The Morgan fingerprint density at radius 1 is 1.44 bits per heavy atom. The van der Waals surface area contributed by atoms with Crippen molar-refractivity contribution in [3.63, 3.8) is 0 Å². The summed E-state index contributed by atoms with van der Waals surface area (Å²) >= 11 is 0. The van der Waals surface area contributed by atoms with Gasteiger partial charge in [0.25, 0.3) is 0 Å². The molecule has 0 radical (unpaired) electrons. The molecule has 1 aliphatic carbocycles. The Hall–Kier alpha value is -2.17. The van der Waals surface area contributed by atoms with Crippen LogP contribution in [0.5, 0.6) is 0 Å². The lowest BCUT2D eigenvalue weighted by atomic mass is 10.1. The quantitative estimate of drug-likeness (QED) is 0.905. The predicted octanol–water partition coefficient (Wildman–Crippen LogP) is 2.59.